The van der Waals surface area contributed by atoms with E-state index >= 15 is 0 Å². The molecule has 3 heteroatoms. The molecule has 0 amide bonds. The highest BCUT2D eigenvalue weighted by Crippen LogP contribution is 2.34. The first-order valence-electron chi connectivity index (χ1n) is 6.15. The molecule has 1 aromatic heterocycles. The van der Waals surface area contributed by atoms with Gasteiger partial charge in [0.05, 0.1) is 5.54 Å². The zero-order chi connectivity index (χ0) is 12.8. The molecular formula is C15H17N3. The second kappa shape index (κ2) is 3.73. The standard InChI is InChI=1S/C15H17N3/c1-15(2)8-7-11-12(5-4-6-13(11)17-15)14-16-9-10-18(14)3/h4-10,17H,1-3H3. The lowest BCUT2D eigenvalue weighted by molar-refractivity contribution is 0.711. The van der Waals surface area contributed by atoms with Crippen molar-refractivity contribution >= 4 is 11.8 Å². The van der Waals surface area contributed by atoms with Gasteiger partial charge in [0.15, 0.2) is 0 Å². The average Bonchev–Trinajstić information content (AvgIpc) is 2.73. The fourth-order valence-corrected chi connectivity index (χ4v) is 2.35. The summed E-state index contributed by atoms with van der Waals surface area (Å²) in [7, 11) is 2.02. The maximum Gasteiger partial charge on any atom is 0.140 e. The summed E-state index contributed by atoms with van der Waals surface area (Å²) in [5.74, 6) is 0.998. The molecule has 92 valence electrons. The molecule has 1 N–H and O–H groups in total. The third-order valence-electron chi connectivity index (χ3n) is 3.29. The van der Waals surface area contributed by atoms with Gasteiger partial charge < -0.3 is 9.88 Å². The molecule has 0 saturated heterocycles. The predicted octanol–water partition coefficient (Wildman–Crippen LogP) is 3.30. The van der Waals surface area contributed by atoms with E-state index in [1.54, 1.807) is 0 Å². The van der Waals surface area contributed by atoms with Crippen LogP contribution < -0.4 is 5.32 Å². The lowest BCUT2D eigenvalue weighted by Crippen LogP contribution is -2.30. The lowest BCUT2D eigenvalue weighted by Gasteiger charge is -2.29. The van der Waals surface area contributed by atoms with Crippen molar-refractivity contribution < 1.29 is 0 Å². The maximum atomic E-state index is 4.43. The summed E-state index contributed by atoms with van der Waals surface area (Å²) in [6.45, 7) is 4.33. The zero-order valence-corrected chi connectivity index (χ0v) is 10.9. The second-order valence-electron chi connectivity index (χ2n) is 5.31. The van der Waals surface area contributed by atoms with Gasteiger partial charge in [-0.1, -0.05) is 24.3 Å². The molecule has 0 aliphatic carbocycles. The lowest BCUT2D eigenvalue weighted by atomic mass is 9.94. The smallest absolute Gasteiger partial charge is 0.140 e. The number of aryl methyl sites for hydroxylation is 1. The third kappa shape index (κ3) is 1.72. The molecule has 0 spiro atoms. The molecule has 0 atom stereocenters. The molecule has 1 aliphatic heterocycles. The van der Waals surface area contributed by atoms with Crippen LogP contribution in [-0.4, -0.2) is 15.1 Å². The number of anilines is 1. The number of imidazole rings is 1. The summed E-state index contributed by atoms with van der Waals surface area (Å²) < 4.78 is 2.04. The van der Waals surface area contributed by atoms with Crippen molar-refractivity contribution in [3.63, 3.8) is 0 Å². The predicted molar refractivity (Wildman–Crippen MR) is 75.4 cm³/mol. The van der Waals surface area contributed by atoms with E-state index in [-0.39, 0.29) is 5.54 Å². The van der Waals surface area contributed by atoms with E-state index in [1.807, 2.05) is 24.0 Å². The van der Waals surface area contributed by atoms with Gasteiger partial charge in [0, 0.05) is 36.3 Å². The van der Waals surface area contributed by atoms with Crippen LogP contribution in [0.15, 0.2) is 36.7 Å². The van der Waals surface area contributed by atoms with Gasteiger partial charge in [-0.15, -0.1) is 0 Å². The van der Waals surface area contributed by atoms with Crippen molar-refractivity contribution in [3.8, 4) is 11.4 Å². The molecule has 0 fully saturated rings. The quantitative estimate of drug-likeness (QED) is 0.827. The first kappa shape index (κ1) is 11.1. The minimum atomic E-state index is 0.00720. The van der Waals surface area contributed by atoms with Crippen molar-refractivity contribution in [3.05, 3.63) is 42.2 Å². The molecule has 0 saturated carbocycles. The Hall–Kier alpha value is -2.03. The van der Waals surface area contributed by atoms with E-state index in [4.69, 9.17) is 0 Å². The minimum Gasteiger partial charge on any atom is -0.376 e. The molecule has 0 radical (unpaired) electrons. The molecule has 0 unspecified atom stereocenters. The Bertz CT molecular complexity index is 620. The Morgan fingerprint density at radius 1 is 1.28 bits per heavy atom. The fraction of sp³-hybridized carbons (Fsp3) is 0.267. The van der Waals surface area contributed by atoms with Gasteiger partial charge in [0.25, 0.3) is 0 Å². The number of aromatic nitrogens is 2. The van der Waals surface area contributed by atoms with E-state index < -0.39 is 0 Å². The molecule has 2 heterocycles. The van der Waals surface area contributed by atoms with E-state index in [0.717, 1.165) is 5.82 Å². The average molecular weight is 239 g/mol. The van der Waals surface area contributed by atoms with Crippen LogP contribution >= 0.6 is 0 Å². The zero-order valence-electron chi connectivity index (χ0n) is 10.9. The fourth-order valence-electron chi connectivity index (χ4n) is 2.35. The van der Waals surface area contributed by atoms with Gasteiger partial charge in [-0.05, 0) is 19.9 Å². The van der Waals surface area contributed by atoms with Gasteiger partial charge in [-0.2, -0.15) is 0 Å². The summed E-state index contributed by atoms with van der Waals surface area (Å²) >= 11 is 0. The largest absolute Gasteiger partial charge is 0.376 e. The van der Waals surface area contributed by atoms with Crippen LogP contribution in [0.1, 0.15) is 19.4 Å². The summed E-state index contributed by atoms with van der Waals surface area (Å²) in [6, 6.07) is 6.31. The highest BCUT2D eigenvalue weighted by atomic mass is 15.0. The van der Waals surface area contributed by atoms with Crippen LogP contribution in [0.5, 0.6) is 0 Å². The highest BCUT2D eigenvalue weighted by Gasteiger charge is 2.21. The number of hydrogen-bond acceptors (Lipinski definition) is 2. The second-order valence-corrected chi connectivity index (χ2v) is 5.31. The Balaban J connectivity index is 2.18. The molecule has 2 aromatic rings. The Kier molecular flexibility index (Phi) is 2.30. The number of nitrogens with one attached hydrogen (secondary N) is 1. The number of hydrogen-bond donors (Lipinski definition) is 1. The molecule has 3 nitrogen and oxygen atoms in total. The topological polar surface area (TPSA) is 29.9 Å². The maximum absolute atomic E-state index is 4.43. The summed E-state index contributed by atoms with van der Waals surface area (Å²) in [4.78, 5) is 4.43. The van der Waals surface area contributed by atoms with Crippen molar-refractivity contribution in [2.24, 2.45) is 7.05 Å². The normalized spacial score (nSPS) is 16.2. The van der Waals surface area contributed by atoms with Gasteiger partial charge in [-0.25, -0.2) is 4.98 Å². The number of rotatable bonds is 1. The molecule has 3 rings (SSSR count). The molecule has 18 heavy (non-hydrogen) atoms. The highest BCUT2D eigenvalue weighted by molar-refractivity contribution is 5.83. The summed E-state index contributed by atoms with van der Waals surface area (Å²) in [5.41, 5.74) is 3.56. The summed E-state index contributed by atoms with van der Waals surface area (Å²) in [6.07, 6.45) is 8.19. The molecule has 1 aromatic carbocycles. The molecular weight excluding hydrogens is 222 g/mol. The monoisotopic (exact) mass is 239 g/mol. The summed E-state index contributed by atoms with van der Waals surface area (Å²) in [5, 5.41) is 3.53. The van der Waals surface area contributed by atoms with Crippen LogP contribution in [-0.2, 0) is 7.05 Å². The minimum absolute atomic E-state index is 0.00720. The first-order chi connectivity index (χ1) is 8.57. The Labute approximate surface area is 107 Å². The van der Waals surface area contributed by atoms with Gasteiger partial charge >= 0.3 is 0 Å². The molecule has 1 aliphatic rings. The van der Waals surface area contributed by atoms with Crippen LogP contribution in [0.25, 0.3) is 17.5 Å². The van der Waals surface area contributed by atoms with E-state index in [0.29, 0.717) is 0 Å². The van der Waals surface area contributed by atoms with Crippen LogP contribution in [0.4, 0.5) is 5.69 Å². The van der Waals surface area contributed by atoms with Crippen LogP contribution in [0, 0.1) is 0 Å². The number of nitrogens with zero attached hydrogens (tertiary/aromatic N) is 2. The van der Waals surface area contributed by atoms with Gasteiger partial charge in [0.2, 0.25) is 0 Å². The van der Waals surface area contributed by atoms with E-state index in [9.17, 15) is 0 Å². The first-order valence-corrected chi connectivity index (χ1v) is 6.15. The van der Waals surface area contributed by atoms with Crippen LogP contribution in [0.3, 0.4) is 0 Å². The van der Waals surface area contributed by atoms with E-state index in [1.165, 1.54) is 16.8 Å². The van der Waals surface area contributed by atoms with Crippen molar-refractivity contribution in [1.82, 2.24) is 9.55 Å². The van der Waals surface area contributed by atoms with Crippen molar-refractivity contribution in [2.45, 2.75) is 19.4 Å². The SMILES string of the molecule is Cn1ccnc1-c1cccc2c1C=CC(C)(C)N2. The Morgan fingerprint density at radius 2 is 2.11 bits per heavy atom. The van der Waals surface area contributed by atoms with Gasteiger partial charge in [-0.3, -0.25) is 0 Å². The van der Waals surface area contributed by atoms with Crippen LogP contribution in [0.2, 0.25) is 0 Å². The Morgan fingerprint density at radius 3 is 2.83 bits per heavy atom. The van der Waals surface area contributed by atoms with Crippen molar-refractivity contribution in [2.75, 3.05) is 5.32 Å². The number of benzene rings is 1. The van der Waals surface area contributed by atoms with Gasteiger partial charge in [0.1, 0.15) is 5.82 Å². The van der Waals surface area contributed by atoms with E-state index in [2.05, 4.69) is 54.5 Å². The molecule has 0 bridgehead atoms. The van der Waals surface area contributed by atoms with Crippen molar-refractivity contribution in [1.29, 1.82) is 0 Å². The number of fused-ring (bicyclic) bond motifs is 1. The third-order valence-corrected chi connectivity index (χ3v) is 3.29.